The van der Waals surface area contributed by atoms with Crippen molar-refractivity contribution in [3.05, 3.63) is 34.3 Å². The maximum absolute atomic E-state index is 12.3. The van der Waals surface area contributed by atoms with Gasteiger partial charge in [-0.15, -0.1) is 0 Å². The Morgan fingerprint density at radius 3 is 2.70 bits per heavy atom. The summed E-state index contributed by atoms with van der Waals surface area (Å²) in [5.41, 5.74) is 1.09. The van der Waals surface area contributed by atoms with Gasteiger partial charge < -0.3 is 14.4 Å². The van der Waals surface area contributed by atoms with Gasteiger partial charge in [-0.25, -0.2) is 0 Å². The minimum Gasteiger partial charge on any atom is -0.372 e. The molecular weight excluding hydrogens is 322 g/mol. The number of ether oxygens (including phenoxy) is 2. The van der Waals surface area contributed by atoms with Gasteiger partial charge in [0.1, 0.15) is 12.2 Å². The Morgan fingerprint density at radius 2 is 2.10 bits per heavy atom. The molecule has 1 aliphatic rings. The molecule has 20 heavy (non-hydrogen) atoms. The normalized spacial score (nSPS) is 24.5. The average Bonchev–Trinajstić information content (AvgIpc) is 2.47. The van der Waals surface area contributed by atoms with Gasteiger partial charge in [0.15, 0.2) is 0 Å². The number of rotatable bonds is 3. The van der Waals surface area contributed by atoms with Crippen LogP contribution in [0, 0.1) is 0 Å². The van der Waals surface area contributed by atoms with Crippen LogP contribution in [0.2, 0.25) is 0 Å². The van der Waals surface area contributed by atoms with Gasteiger partial charge in [-0.3, -0.25) is 4.79 Å². The van der Waals surface area contributed by atoms with Crippen molar-refractivity contribution in [3.8, 4) is 0 Å². The molecule has 5 heteroatoms. The van der Waals surface area contributed by atoms with E-state index in [0.717, 1.165) is 10.0 Å². The number of morpholine rings is 1. The molecule has 0 spiro atoms. The first-order valence-corrected chi connectivity index (χ1v) is 7.54. The molecule has 0 N–H and O–H groups in total. The van der Waals surface area contributed by atoms with E-state index in [0.29, 0.717) is 13.2 Å². The summed E-state index contributed by atoms with van der Waals surface area (Å²) in [6, 6.07) is 8.03. The van der Waals surface area contributed by atoms with E-state index < -0.39 is 6.10 Å². The van der Waals surface area contributed by atoms with Crippen LogP contribution in [0.1, 0.15) is 25.5 Å². The Balaban J connectivity index is 2.16. The molecule has 1 heterocycles. The third-order valence-electron chi connectivity index (χ3n) is 3.74. The van der Waals surface area contributed by atoms with Crippen molar-refractivity contribution in [2.24, 2.45) is 0 Å². The first-order valence-electron chi connectivity index (χ1n) is 6.75. The first kappa shape index (κ1) is 15.5. The monoisotopic (exact) mass is 341 g/mol. The minimum absolute atomic E-state index is 0.00461. The van der Waals surface area contributed by atoms with E-state index in [4.69, 9.17) is 9.47 Å². The van der Waals surface area contributed by atoms with Gasteiger partial charge in [0, 0.05) is 18.1 Å². The van der Waals surface area contributed by atoms with Crippen LogP contribution in [0.15, 0.2) is 28.7 Å². The van der Waals surface area contributed by atoms with Crippen molar-refractivity contribution in [2.75, 3.05) is 20.3 Å². The largest absolute Gasteiger partial charge is 0.372 e. The van der Waals surface area contributed by atoms with Crippen LogP contribution in [0.25, 0.3) is 0 Å². The number of hydrogen-bond acceptors (Lipinski definition) is 3. The second kappa shape index (κ2) is 6.70. The number of carbonyl (C=O) groups is 1. The fraction of sp³-hybridized carbons (Fsp3) is 0.533. The van der Waals surface area contributed by atoms with Crippen LogP contribution in [0.5, 0.6) is 0 Å². The Morgan fingerprint density at radius 1 is 1.45 bits per heavy atom. The number of benzene rings is 1. The molecule has 4 nitrogen and oxygen atoms in total. The number of amides is 1. The predicted octanol–water partition coefficient (Wildman–Crippen LogP) is 2.77. The molecule has 0 unspecified atom stereocenters. The van der Waals surface area contributed by atoms with Crippen LogP contribution in [0.4, 0.5) is 0 Å². The predicted molar refractivity (Wildman–Crippen MR) is 80.5 cm³/mol. The standard InChI is InChI=1S/C15H20BrNO3/c1-10-14(12-4-6-13(16)7-5-12)20-9-8-17(10)15(18)11(2)19-3/h4-7,10-11,14H,8-9H2,1-3H3/t10-,11+,14+/m0/s1. The van der Waals surface area contributed by atoms with Crippen molar-refractivity contribution in [1.29, 1.82) is 0 Å². The van der Waals surface area contributed by atoms with Gasteiger partial charge in [0.05, 0.1) is 12.6 Å². The van der Waals surface area contributed by atoms with Crippen molar-refractivity contribution in [3.63, 3.8) is 0 Å². The van der Waals surface area contributed by atoms with Gasteiger partial charge in [-0.2, -0.15) is 0 Å². The zero-order valence-electron chi connectivity index (χ0n) is 12.0. The lowest BCUT2D eigenvalue weighted by atomic mass is 10.00. The summed E-state index contributed by atoms with van der Waals surface area (Å²) in [5, 5.41) is 0. The Kier molecular flexibility index (Phi) is 5.18. The maximum Gasteiger partial charge on any atom is 0.251 e. The average molecular weight is 342 g/mol. The van der Waals surface area contributed by atoms with Crippen LogP contribution in [-0.4, -0.2) is 43.2 Å². The molecule has 1 aliphatic heterocycles. The second-order valence-electron chi connectivity index (χ2n) is 4.99. The Bertz CT molecular complexity index is 463. The van der Waals surface area contributed by atoms with E-state index >= 15 is 0 Å². The van der Waals surface area contributed by atoms with Gasteiger partial charge >= 0.3 is 0 Å². The van der Waals surface area contributed by atoms with Gasteiger partial charge in [0.2, 0.25) is 0 Å². The lowest BCUT2D eigenvalue weighted by molar-refractivity contribution is -0.155. The molecule has 0 radical (unpaired) electrons. The van der Waals surface area contributed by atoms with Gasteiger partial charge in [-0.05, 0) is 31.5 Å². The number of halogens is 1. The topological polar surface area (TPSA) is 38.8 Å². The highest BCUT2D eigenvalue weighted by atomic mass is 79.9. The fourth-order valence-electron chi connectivity index (χ4n) is 2.46. The number of methoxy groups -OCH3 is 1. The summed E-state index contributed by atoms with van der Waals surface area (Å²) >= 11 is 3.43. The summed E-state index contributed by atoms with van der Waals surface area (Å²) in [5.74, 6) is 0.0189. The van der Waals surface area contributed by atoms with Crippen molar-refractivity contribution < 1.29 is 14.3 Å². The SMILES string of the molecule is CO[C@H](C)C(=O)N1CCO[C@@H](c2ccc(Br)cc2)[C@@H]1C. The number of hydrogen-bond donors (Lipinski definition) is 0. The zero-order valence-corrected chi connectivity index (χ0v) is 13.6. The van der Waals surface area contributed by atoms with E-state index in [9.17, 15) is 4.79 Å². The molecule has 110 valence electrons. The van der Waals surface area contributed by atoms with E-state index in [1.165, 1.54) is 0 Å². The maximum atomic E-state index is 12.3. The molecule has 1 aromatic rings. The van der Waals surface area contributed by atoms with Crippen molar-refractivity contribution in [2.45, 2.75) is 32.1 Å². The molecule has 0 aromatic heterocycles. The number of carbonyl (C=O) groups excluding carboxylic acids is 1. The summed E-state index contributed by atoms with van der Waals surface area (Å²) in [4.78, 5) is 14.2. The van der Waals surface area contributed by atoms with E-state index in [1.807, 2.05) is 36.1 Å². The van der Waals surface area contributed by atoms with E-state index in [1.54, 1.807) is 14.0 Å². The third-order valence-corrected chi connectivity index (χ3v) is 4.27. The third kappa shape index (κ3) is 3.22. The zero-order chi connectivity index (χ0) is 14.7. The molecule has 1 aromatic carbocycles. The lowest BCUT2D eigenvalue weighted by Crippen LogP contribution is -2.51. The molecule has 3 atom stereocenters. The molecule has 1 fully saturated rings. The quantitative estimate of drug-likeness (QED) is 0.848. The molecule has 0 bridgehead atoms. The van der Waals surface area contributed by atoms with Gasteiger partial charge in [0.25, 0.3) is 5.91 Å². The summed E-state index contributed by atoms with van der Waals surface area (Å²) in [7, 11) is 1.56. The Hall–Kier alpha value is -0.910. The van der Waals surface area contributed by atoms with Crippen LogP contribution in [0.3, 0.4) is 0 Å². The molecule has 0 aliphatic carbocycles. The molecule has 2 rings (SSSR count). The van der Waals surface area contributed by atoms with Gasteiger partial charge in [-0.1, -0.05) is 28.1 Å². The summed E-state index contributed by atoms with van der Waals surface area (Å²) < 4.78 is 12.0. The highest BCUT2D eigenvalue weighted by Crippen LogP contribution is 2.29. The van der Waals surface area contributed by atoms with Crippen molar-refractivity contribution >= 4 is 21.8 Å². The van der Waals surface area contributed by atoms with Crippen LogP contribution >= 0.6 is 15.9 Å². The van der Waals surface area contributed by atoms with Crippen LogP contribution in [-0.2, 0) is 14.3 Å². The molecular formula is C15H20BrNO3. The minimum atomic E-state index is -0.416. The van der Waals surface area contributed by atoms with Crippen LogP contribution < -0.4 is 0 Å². The molecule has 1 saturated heterocycles. The lowest BCUT2D eigenvalue weighted by Gasteiger charge is -2.40. The fourth-order valence-corrected chi connectivity index (χ4v) is 2.72. The smallest absolute Gasteiger partial charge is 0.251 e. The molecule has 1 amide bonds. The molecule has 0 saturated carbocycles. The highest BCUT2D eigenvalue weighted by molar-refractivity contribution is 9.10. The summed E-state index contributed by atoms with van der Waals surface area (Å²) in [6.45, 7) is 4.96. The van der Waals surface area contributed by atoms with Crippen molar-refractivity contribution in [1.82, 2.24) is 4.90 Å². The second-order valence-corrected chi connectivity index (χ2v) is 5.91. The van der Waals surface area contributed by atoms with E-state index in [2.05, 4.69) is 15.9 Å². The van der Waals surface area contributed by atoms with E-state index in [-0.39, 0.29) is 18.1 Å². The number of nitrogens with zero attached hydrogens (tertiary/aromatic N) is 1. The highest BCUT2D eigenvalue weighted by Gasteiger charge is 2.34. The first-order chi connectivity index (χ1) is 9.54. The summed E-state index contributed by atoms with van der Waals surface area (Å²) in [6.07, 6.45) is -0.508. The Labute approximate surface area is 128 Å².